The summed E-state index contributed by atoms with van der Waals surface area (Å²) in [6.45, 7) is 4.60. The molecule has 0 spiro atoms. The second-order valence-electron chi connectivity index (χ2n) is 3.81. The third-order valence-corrected chi connectivity index (χ3v) is 2.67. The lowest BCUT2D eigenvalue weighted by Crippen LogP contribution is -2.55. The van der Waals surface area contributed by atoms with Crippen molar-refractivity contribution >= 4 is 5.97 Å². The molecule has 64 valence electrons. The highest BCUT2D eigenvalue weighted by atomic mass is 16.4. The van der Waals surface area contributed by atoms with Crippen LogP contribution in [0.5, 0.6) is 0 Å². The van der Waals surface area contributed by atoms with Gasteiger partial charge in [0.15, 0.2) is 0 Å². The van der Waals surface area contributed by atoms with E-state index >= 15 is 0 Å². The predicted octanol–water partition coefficient (Wildman–Crippen LogP) is 0.801. The lowest BCUT2D eigenvalue weighted by atomic mass is 9.78. The maximum absolute atomic E-state index is 10.8. The molecule has 0 aromatic carbocycles. The largest absolute Gasteiger partial charge is 0.481 e. The van der Waals surface area contributed by atoms with E-state index in [1.807, 2.05) is 7.05 Å². The van der Waals surface area contributed by atoms with Crippen molar-refractivity contribution in [2.75, 3.05) is 13.6 Å². The summed E-state index contributed by atoms with van der Waals surface area (Å²) in [5, 5.41) is 8.87. The Morgan fingerprint density at radius 2 is 2.18 bits per heavy atom. The van der Waals surface area contributed by atoms with E-state index in [0.29, 0.717) is 0 Å². The van der Waals surface area contributed by atoms with Crippen LogP contribution >= 0.6 is 0 Å². The standard InChI is InChI=1S/C8H15NO2/c1-8(2,7(10)11)6-4-5-9(6)3/h6H,4-5H2,1-3H3,(H,10,11). The molecule has 0 saturated carbocycles. The van der Waals surface area contributed by atoms with Crippen LogP contribution in [-0.4, -0.2) is 35.6 Å². The molecular weight excluding hydrogens is 142 g/mol. The van der Waals surface area contributed by atoms with Gasteiger partial charge in [0.2, 0.25) is 0 Å². The van der Waals surface area contributed by atoms with Gasteiger partial charge in [0.1, 0.15) is 0 Å². The van der Waals surface area contributed by atoms with Gasteiger partial charge in [0, 0.05) is 6.04 Å². The SMILES string of the molecule is CN1CCC1C(C)(C)C(=O)O. The van der Waals surface area contributed by atoms with Crippen LogP contribution < -0.4 is 0 Å². The summed E-state index contributed by atoms with van der Waals surface area (Å²) >= 11 is 0. The Bertz CT molecular complexity index is 177. The van der Waals surface area contributed by atoms with Gasteiger partial charge in [-0.1, -0.05) is 0 Å². The molecule has 1 unspecified atom stereocenters. The Morgan fingerprint density at radius 3 is 2.27 bits per heavy atom. The summed E-state index contributed by atoms with van der Waals surface area (Å²) in [6, 6.07) is 0.222. The molecule has 1 N–H and O–H groups in total. The average Bonchev–Trinajstić information content (AvgIpc) is 1.83. The van der Waals surface area contributed by atoms with Crippen molar-refractivity contribution in [2.45, 2.75) is 26.3 Å². The Morgan fingerprint density at radius 1 is 1.64 bits per heavy atom. The summed E-state index contributed by atoms with van der Waals surface area (Å²) in [4.78, 5) is 12.9. The normalized spacial score (nSPS) is 26.3. The first-order chi connectivity index (χ1) is 4.96. The molecule has 3 heteroatoms. The fraction of sp³-hybridized carbons (Fsp3) is 0.875. The van der Waals surface area contributed by atoms with Crippen LogP contribution in [0.25, 0.3) is 0 Å². The van der Waals surface area contributed by atoms with Gasteiger partial charge in [-0.15, -0.1) is 0 Å². The summed E-state index contributed by atoms with van der Waals surface area (Å²) in [6.07, 6.45) is 1.01. The van der Waals surface area contributed by atoms with Crippen molar-refractivity contribution in [2.24, 2.45) is 5.41 Å². The number of aliphatic carboxylic acids is 1. The summed E-state index contributed by atoms with van der Waals surface area (Å²) < 4.78 is 0. The zero-order valence-electron chi connectivity index (χ0n) is 7.29. The molecule has 0 radical (unpaired) electrons. The lowest BCUT2D eigenvalue weighted by Gasteiger charge is -2.45. The van der Waals surface area contributed by atoms with Crippen LogP contribution in [0.4, 0.5) is 0 Å². The van der Waals surface area contributed by atoms with Crippen LogP contribution in [0.15, 0.2) is 0 Å². The maximum Gasteiger partial charge on any atom is 0.310 e. The average molecular weight is 157 g/mol. The van der Waals surface area contributed by atoms with Gasteiger partial charge in [0.05, 0.1) is 5.41 Å². The molecule has 1 fully saturated rings. The number of carboxylic acids is 1. The van der Waals surface area contributed by atoms with Crippen molar-refractivity contribution in [3.8, 4) is 0 Å². The molecule has 0 aromatic rings. The molecule has 1 rings (SSSR count). The van der Waals surface area contributed by atoms with E-state index in [9.17, 15) is 4.79 Å². The minimum absolute atomic E-state index is 0.222. The van der Waals surface area contributed by atoms with E-state index in [1.165, 1.54) is 0 Å². The first-order valence-electron chi connectivity index (χ1n) is 3.90. The van der Waals surface area contributed by atoms with Gasteiger partial charge in [0.25, 0.3) is 0 Å². The molecule has 1 heterocycles. The smallest absolute Gasteiger partial charge is 0.310 e. The monoisotopic (exact) mass is 157 g/mol. The summed E-state index contributed by atoms with van der Waals surface area (Å²) in [5.41, 5.74) is -0.590. The third kappa shape index (κ3) is 1.25. The molecule has 1 atom stereocenters. The number of likely N-dealkylation sites (tertiary alicyclic amines) is 1. The van der Waals surface area contributed by atoms with Crippen LogP contribution in [0, 0.1) is 5.41 Å². The molecule has 0 bridgehead atoms. The number of hydrogen-bond acceptors (Lipinski definition) is 2. The van der Waals surface area contributed by atoms with E-state index < -0.39 is 11.4 Å². The van der Waals surface area contributed by atoms with Crippen molar-refractivity contribution in [1.82, 2.24) is 4.90 Å². The number of hydrogen-bond donors (Lipinski definition) is 1. The quantitative estimate of drug-likeness (QED) is 0.644. The fourth-order valence-corrected chi connectivity index (χ4v) is 1.57. The molecule has 3 nitrogen and oxygen atoms in total. The topological polar surface area (TPSA) is 40.5 Å². The van der Waals surface area contributed by atoms with E-state index in [4.69, 9.17) is 5.11 Å². The van der Waals surface area contributed by atoms with E-state index in [2.05, 4.69) is 4.90 Å². The zero-order valence-corrected chi connectivity index (χ0v) is 7.29. The molecule has 11 heavy (non-hydrogen) atoms. The molecule has 0 aliphatic carbocycles. The third-order valence-electron chi connectivity index (χ3n) is 2.67. The summed E-state index contributed by atoms with van der Waals surface area (Å²) in [5.74, 6) is -0.700. The van der Waals surface area contributed by atoms with Gasteiger partial charge in [-0.2, -0.15) is 0 Å². The Hall–Kier alpha value is -0.570. The van der Waals surface area contributed by atoms with Crippen LogP contribution in [-0.2, 0) is 4.79 Å². The van der Waals surface area contributed by atoms with Crippen molar-refractivity contribution < 1.29 is 9.90 Å². The van der Waals surface area contributed by atoms with Gasteiger partial charge >= 0.3 is 5.97 Å². The second-order valence-corrected chi connectivity index (χ2v) is 3.81. The number of rotatable bonds is 2. The highest BCUT2D eigenvalue weighted by Crippen LogP contribution is 2.32. The van der Waals surface area contributed by atoms with Crippen molar-refractivity contribution in [1.29, 1.82) is 0 Å². The Balaban J connectivity index is 2.64. The highest BCUT2D eigenvalue weighted by Gasteiger charge is 2.43. The minimum Gasteiger partial charge on any atom is -0.481 e. The van der Waals surface area contributed by atoms with Gasteiger partial charge < -0.3 is 10.0 Å². The highest BCUT2D eigenvalue weighted by molar-refractivity contribution is 5.74. The minimum atomic E-state index is -0.700. The second kappa shape index (κ2) is 2.48. The Kier molecular flexibility index (Phi) is 1.92. The molecule has 1 aliphatic rings. The molecular formula is C8H15NO2. The first-order valence-corrected chi connectivity index (χ1v) is 3.90. The molecule has 0 amide bonds. The van der Waals surface area contributed by atoms with Gasteiger partial charge in [-0.3, -0.25) is 4.79 Å². The van der Waals surface area contributed by atoms with Crippen LogP contribution in [0.1, 0.15) is 20.3 Å². The van der Waals surface area contributed by atoms with Crippen LogP contribution in [0.2, 0.25) is 0 Å². The van der Waals surface area contributed by atoms with Crippen LogP contribution in [0.3, 0.4) is 0 Å². The van der Waals surface area contributed by atoms with Gasteiger partial charge in [-0.25, -0.2) is 0 Å². The van der Waals surface area contributed by atoms with E-state index in [1.54, 1.807) is 13.8 Å². The van der Waals surface area contributed by atoms with E-state index in [0.717, 1.165) is 13.0 Å². The predicted molar refractivity (Wildman–Crippen MR) is 42.5 cm³/mol. The summed E-state index contributed by atoms with van der Waals surface area (Å²) in [7, 11) is 1.97. The molecule has 0 aromatic heterocycles. The lowest BCUT2D eigenvalue weighted by molar-refractivity contribution is -0.154. The maximum atomic E-state index is 10.8. The molecule has 1 saturated heterocycles. The molecule has 1 aliphatic heterocycles. The fourth-order valence-electron chi connectivity index (χ4n) is 1.57. The van der Waals surface area contributed by atoms with Crippen molar-refractivity contribution in [3.63, 3.8) is 0 Å². The number of carboxylic acid groups (broad SMARTS) is 1. The zero-order chi connectivity index (χ0) is 8.65. The Labute approximate surface area is 67.0 Å². The van der Waals surface area contributed by atoms with Gasteiger partial charge in [-0.05, 0) is 33.9 Å². The van der Waals surface area contributed by atoms with Crippen molar-refractivity contribution in [3.05, 3.63) is 0 Å². The number of nitrogens with zero attached hydrogens (tertiary/aromatic N) is 1. The van der Waals surface area contributed by atoms with E-state index in [-0.39, 0.29) is 6.04 Å². The number of carbonyl (C=O) groups is 1. The first kappa shape index (κ1) is 8.53.